The van der Waals surface area contributed by atoms with Gasteiger partial charge in [-0.1, -0.05) is 12.1 Å². The number of hydrogen-bond donors (Lipinski definition) is 1. The lowest BCUT2D eigenvalue weighted by molar-refractivity contribution is -0.126. The fourth-order valence-corrected chi connectivity index (χ4v) is 6.46. The van der Waals surface area contributed by atoms with Crippen LogP contribution < -0.4 is 10.1 Å². The Morgan fingerprint density at radius 2 is 1.74 bits per heavy atom. The Kier molecular flexibility index (Phi) is 8.58. The summed E-state index contributed by atoms with van der Waals surface area (Å²) in [6, 6.07) is 11.1. The van der Waals surface area contributed by atoms with Gasteiger partial charge in [-0.2, -0.15) is 4.31 Å². The summed E-state index contributed by atoms with van der Waals surface area (Å²) >= 11 is 0. The van der Waals surface area contributed by atoms with Gasteiger partial charge in [0.05, 0.1) is 22.3 Å². The topological polar surface area (TPSA) is 113 Å². The highest BCUT2D eigenvalue weighted by molar-refractivity contribution is 7.89. The quantitative estimate of drug-likeness (QED) is 0.540. The molecule has 1 saturated heterocycles. The molecule has 1 fully saturated rings. The van der Waals surface area contributed by atoms with Crippen molar-refractivity contribution in [3.63, 3.8) is 0 Å². The molecule has 0 spiro atoms. The third-order valence-corrected chi connectivity index (χ3v) is 9.70. The molecular weight excluding hydrogens is 490 g/mol. The number of ether oxygens (including phenoxy) is 1. The third-order valence-electron chi connectivity index (χ3n) is 6.01. The molecule has 2 aromatic rings. The van der Waals surface area contributed by atoms with Crippen LogP contribution in [0.15, 0.2) is 52.3 Å². The first-order chi connectivity index (χ1) is 16.5. The number of nitrogens with one attached hydrogen (secondary N) is 1. The van der Waals surface area contributed by atoms with E-state index in [4.69, 9.17) is 4.74 Å². The van der Waals surface area contributed by atoms with Crippen LogP contribution in [0.2, 0.25) is 0 Å². The highest BCUT2D eigenvalue weighted by Gasteiger charge is 2.33. The third kappa shape index (κ3) is 6.21. The molecule has 9 nitrogen and oxygen atoms in total. The van der Waals surface area contributed by atoms with Crippen LogP contribution >= 0.6 is 0 Å². The summed E-state index contributed by atoms with van der Waals surface area (Å²) in [5.74, 6) is -0.0387. The first kappa shape index (κ1) is 27.1. The van der Waals surface area contributed by atoms with Crippen molar-refractivity contribution in [2.45, 2.75) is 43.0 Å². The van der Waals surface area contributed by atoms with E-state index in [9.17, 15) is 21.6 Å². The Balaban J connectivity index is 1.63. The molecule has 0 aliphatic carbocycles. The molecule has 1 heterocycles. The van der Waals surface area contributed by atoms with Gasteiger partial charge in [0.2, 0.25) is 26.0 Å². The van der Waals surface area contributed by atoms with Gasteiger partial charge in [0, 0.05) is 33.7 Å². The molecule has 35 heavy (non-hydrogen) atoms. The molecule has 3 rings (SSSR count). The first-order valence-electron chi connectivity index (χ1n) is 11.5. The van der Waals surface area contributed by atoms with E-state index < -0.39 is 26.0 Å². The number of piperidine rings is 1. The van der Waals surface area contributed by atoms with Gasteiger partial charge >= 0.3 is 0 Å². The predicted molar refractivity (Wildman–Crippen MR) is 133 cm³/mol. The Labute approximate surface area is 208 Å². The summed E-state index contributed by atoms with van der Waals surface area (Å²) in [6.07, 6.45) is 1.19. The largest absolute Gasteiger partial charge is 0.494 e. The molecule has 0 radical (unpaired) electrons. The number of amides is 1. The molecule has 1 aliphatic heterocycles. The molecule has 1 aliphatic rings. The smallest absolute Gasteiger partial charge is 0.243 e. The average molecular weight is 524 g/mol. The Morgan fingerprint density at radius 3 is 2.34 bits per heavy atom. The summed E-state index contributed by atoms with van der Waals surface area (Å²) < 4.78 is 58.8. The maximum atomic E-state index is 13.2. The lowest BCUT2D eigenvalue weighted by Gasteiger charge is -2.31. The minimum atomic E-state index is -3.74. The van der Waals surface area contributed by atoms with Gasteiger partial charge in [-0.05, 0) is 68.1 Å². The number of benzene rings is 2. The molecule has 2 aromatic carbocycles. The minimum Gasteiger partial charge on any atom is -0.494 e. The van der Waals surface area contributed by atoms with E-state index in [0.29, 0.717) is 31.7 Å². The standard InChI is InChI=1S/C24H33N3O6S2/c1-5-33-23-13-12-22(15-18(23)2)35(31,32)27-14-6-7-20(17-27)24(28)25-16-19-8-10-21(11-9-19)34(29,30)26(3)4/h8-13,15,20H,5-7,14,16-17H2,1-4H3,(H,25,28). The molecule has 0 aromatic heterocycles. The van der Waals surface area contributed by atoms with E-state index in [-0.39, 0.29) is 28.8 Å². The summed E-state index contributed by atoms with van der Waals surface area (Å²) in [4.78, 5) is 13.2. The minimum absolute atomic E-state index is 0.112. The SMILES string of the molecule is CCOc1ccc(S(=O)(=O)N2CCCC(C(=O)NCc3ccc(S(=O)(=O)N(C)C)cc3)C2)cc1C. The van der Waals surface area contributed by atoms with Crippen LogP contribution in [0.4, 0.5) is 0 Å². The summed E-state index contributed by atoms with van der Waals surface area (Å²) in [6.45, 7) is 4.87. The zero-order valence-electron chi connectivity index (χ0n) is 20.5. The van der Waals surface area contributed by atoms with Gasteiger partial charge < -0.3 is 10.1 Å². The first-order valence-corrected chi connectivity index (χ1v) is 14.4. The molecule has 1 atom stereocenters. The maximum Gasteiger partial charge on any atom is 0.243 e. The van der Waals surface area contributed by atoms with Crippen molar-refractivity contribution >= 4 is 26.0 Å². The normalized spacial score (nSPS) is 17.3. The van der Waals surface area contributed by atoms with Gasteiger partial charge in [-0.15, -0.1) is 0 Å². The second-order valence-electron chi connectivity index (χ2n) is 8.71. The Hall–Kier alpha value is -2.47. The highest BCUT2D eigenvalue weighted by atomic mass is 32.2. The van der Waals surface area contributed by atoms with Gasteiger partial charge in [0.1, 0.15) is 5.75 Å². The molecule has 11 heteroatoms. The van der Waals surface area contributed by atoms with Gasteiger partial charge in [-0.3, -0.25) is 4.79 Å². The van der Waals surface area contributed by atoms with Crippen LogP contribution in [0.3, 0.4) is 0 Å². The van der Waals surface area contributed by atoms with E-state index in [1.165, 1.54) is 36.6 Å². The molecule has 192 valence electrons. The molecular formula is C24H33N3O6S2. The van der Waals surface area contributed by atoms with E-state index in [2.05, 4.69) is 5.32 Å². The summed E-state index contributed by atoms with van der Waals surface area (Å²) in [5, 5.41) is 2.86. The highest BCUT2D eigenvalue weighted by Crippen LogP contribution is 2.27. The number of nitrogens with zero attached hydrogens (tertiary/aromatic N) is 2. The van der Waals surface area contributed by atoms with Crippen LogP contribution in [-0.2, 0) is 31.4 Å². The number of carbonyl (C=O) groups is 1. The zero-order chi connectivity index (χ0) is 25.8. The number of sulfonamides is 2. The van der Waals surface area contributed by atoms with Crippen molar-refractivity contribution < 1.29 is 26.4 Å². The zero-order valence-corrected chi connectivity index (χ0v) is 22.2. The van der Waals surface area contributed by atoms with E-state index in [1.54, 1.807) is 31.2 Å². The van der Waals surface area contributed by atoms with Crippen LogP contribution in [-0.4, -0.2) is 65.1 Å². The maximum absolute atomic E-state index is 13.2. The number of carbonyl (C=O) groups excluding carboxylic acids is 1. The predicted octanol–water partition coefficient (Wildman–Crippen LogP) is 2.36. The average Bonchev–Trinajstić information content (AvgIpc) is 2.84. The van der Waals surface area contributed by atoms with Gasteiger partial charge in [0.25, 0.3) is 0 Å². The fraction of sp³-hybridized carbons (Fsp3) is 0.458. The lowest BCUT2D eigenvalue weighted by atomic mass is 9.99. The van der Waals surface area contributed by atoms with Crippen molar-refractivity contribution in [1.29, 1.82) is 0 Å². The van der Waals surface area contributed by atoms with Crippen molar-refractivity contribution in [3.05, 3.63) is 53.6 Å². The van der Waals surface area contributed by atoms with Crippen molar-refractivity contribution in [1.82, 2.24) is 13.9 Å². The second-order valence-corrected chi connectivity index (χ2v) is 12.8. The molecule has 0 bridgehead atoms. The molecule has 1 unspecified atom stereocenters. The van der Waals surface area contributed by atoms with Crippen molar-refractivity contribution in [3.8, 4) is 5.75 Å². The van der Waals surface area contributed by atoms with Crippen molar-refractivity contribution in [2.75, 3.05) is 33.8 Å². The monoisotopic (exact) mass is 523 g/mol. The Morgan fingerprint density at radius 1 is 1.09 bits per heavy atom. The number of hydrogen-bond acceptors (Lipinski definition) is 6. The van der Waals surface area contributed by atoms with E-state index >= 15 is 0 Å². The molecule has 0 saturated carbocycles. The summed E-state index contributed by atoms with van der Waals surface area (Å²) in [7, 11) is -4.32. The number of aryl methyl sites for hydroxylation is 1. The summed E-state index contributed by atoms with van der Waals surface area (Å²) in [5.41, 5.74) is 1.49. The molecule has 1 amide bonds. The van der Waals surface area contributed by atoms with E-state index in [1.807, 2.05) is 6.92 Å². The van der Waals surface area contributed by atoms with Crippen molar-refractivity contribution in [2.24, 2.45) is 5.92 Å². The van der Waals surface area contributed by atoms with Crippen LogP contribution in [0.5, 0.6) is 5.75 Å². The fourth-order valence-electron chi connectivity index (χ4n) is 3.95. The van der Waals surface area contributed by atoms with Crippen LogP contribution in [0, 0.1) is 12.8 Å². The Bertz CT molecular complexity index is 1260. The van der Waals surface area contributed by atoms with Crippen LogP contribution in [0.1, 0.15) is 30.9 Å². The lowest BCUT2D eigenvalue weighted by Crippen LogP contribution is -2.45. The second kappa shape index (κ2) is 11.1. The van der Waals surface area contributed by atoms with Crippen LogP contribution in [0.25, 0.3) is 0 Å². The molecule has 1 N–H and O–H groups in total. The number of rotatable bonds is 9. The van der Waals surface area contributed by atoms with Gasteiger partial charge in [0.15, 0.2) is 0 Å². The van der Waals surface area contributed by atoms with Gasteiger partial charge in [-0.25, -0.2) is 21.1 Å². The van der Waals surface area contributed by atoms with E-state index in [0.717, 1.165) is 15.4 Å².